The molecule has 1 saturated heterocycles. The third-order valence-corrected chi connectivity index (χ3v) is 4.97. The molecule has 0 aromatic carbocycles. The van der Waals surface area contributed by atoms with Crippen LogP contribution in [0.4, 0.5) is 16.0 Å². The Hall–Kier alpha value is -2.73. The number of nitrogens with zero attached hydrogens (tertiary/aromatic N) is 6. The van der Waals surface area contributed by atoms with Crippen molar-refractivity contribution in [2.24, 2.45) is 0 Å². The van der Waals surface area contributed by atoms with E-state index in [0.29, 0.717) is 30.4 Å². The summed E-state index contributed by atoms with van der Waals surface area (Å²) >= 11 is 0. The highest BCUT2D eigenvalue weighted by Crippen LogP contribution is 2.27. The standard InChI is InChI=1S/C19H26FN7O/c1-14-15(12-27(25-14)18(2,3)21-4)23-17-22-9-6-16(24-17)28-13-19(20)7-10-26(5)11-8-19/h6,9,12H,7-8,10-11,13H2,1-3,5H3,(H,22,23,24). The van der Waals surface area contributed by atoms with Gasteiger partial charge in [0.2, 0.25) is 11.8 Å². The summed E-state index contributed by atoms with van der Waals surface area (Å²) in [4.78, 5) is 14.2. The van der Waals surface area contributed by atoms with Gasteiger partial charge in [-0.3, -0.25) is 4.85 Å². The van der Waals surface area contributed by atoms with Crippen molar-refractivity contribution in [2.75, 3.05) is 32.1 Å². The SMILES string of the molecule is [C-]#[N+]C(C)(C)n1cc(Nc2nccc(OCC3(F)CCN(C)CC3)n2)c(C)n1. The van der Waals surface area contributed by atoms with Crippen LogP contribution in [0.1, 0.15) is 32.4 Å². The largest absolute Gasteiger partial charge is 0.474 e. The van der Waals surface area contributed by atoms with Crippen molar-refractivity contribution in [2.45, 2.75) is 44.9 Å². The van der Waals surface area contributed by atoms with Gasteiger partial charge in [0.1, 0.15) is 12.3 Å². The number of hydrogen-bond acceptors (Lipinski definition) is 6. The lowest BCUT2D eigenvalue weighted by Crippen LogP contribution is -2.43. The highest BCUT2D eigenvalue weighted by atomic mass is 19.1. The van der Waals surface area contributed by atoms with Gasteiger partial charge in [0.15, 0.2) is 0 Å². The number of alkyl halides is 1. The molecule has 0 radical (unpaired) electrons. The quantitative estimate of drug-likeness (QED) is 0.768. The first kappa shape index (κ1) is 20.0. The fourth-order valence-corrected chi connectivity index (χ4v) is 2.88. The Morgan fingerprint density at radius 2 is 2.11 bits per heavy atom. The molecule has 150 valence electrons. The Kier molecular flexibility index (Phi) is 5.52. The Bertz CT molecular complexity index is 865. The molecule has 0 spiro atoms. The minimum Gasteiger partial charge on any atom is -0.474 e. The summed E-state index contributed by atoms with van der Waals surface area (Å²) < 4.78 is 22.1. The fourth-order valence-electron chi connectivity index (χ4n) is 2.88. The fraction of sp³-hybridized carbons (Fsp3) is 0.579. The molecular weight excluding hydrogens is 361 g/mol. The number of piperidine rings is 1. The molecule has 0 aliphatic carbocycles. The van der Waals surface area contributed by atoms with E-state index < -0.39 is 11.3 Å². The van der Waals surface area contributed by atoms with E-state index in [1.54, 1.807) is 37.0 Å². The highest BCUT2D eigenvalue weighted by molar-refractivity contribution is 5.55. The van der Waals surface area contributed by atoms with Gasteiger partial charge in [0.05, 0.1) is 17.6 Å². The second-order valence-electron chi connectivity index (χ2n) is 7.77. The van der Waals surface area contributed by atoms with Crippen molar-refractivity contribution in [3.8, 4) is 5.88 Å². The van der Waals surface area contributed by atoms with Crippen molar-refractivity contribution < 1.29 is 9.13 Å². The Labute approximate surface area is 164 Å². The molecule has 1 aliphatic rings. The molecule has 0 bridgehead atoms. The molecule has 9 heteroatoms. The molecule has 0 saturated carbocycles. The van der Waals surface area contributed by atoms with E-state index >= 15 is 0 Å². The first-order valence-corrected chi connectivity index (χ1v) is 9.26. The first-order chi connectivity index (χ1) is 13.2. The maximum atomic E-state index is 14.8. The molecule has 1 aliphatic heterocycles. The van der Waals surface area contributed by atoms with Gasteiger partial charge in [0.25, 0.3) is 0 Å². The molecule has 8 nitrogen and oxygen atoms in total. The van der Waals surface area contributed by atoms with E-state index in [4.69, 9.17) is 11.3 Å². The smallest absolute Gasteiger partial charge is 0.319 e. The highest BCUT2D eigenvalue weighted by Gasteiger charge is 2.34. The summed E-state index contributed by atoms with van der Waals surface area (Å²) in [6.45, 7) is 14.1. The van der Waals surface area contributed by atoms with Crippen molar-refractivity contribution >= 4 is 11.6 Å². The monoisotopic (exact) mass is 387 g/mol. The normalized spacial score (nSPS) is 17.1. The summed E-state index contributed by atoms with van der Waals surface area (Å²) in [6.07, 6.45) is 4.22. The van der Waals surface area contributed by atoms with Crippen LogP contribution in [-0.2, 0) is 5.66 Å². The number of hydrogen-bond donors (Lipinski definition) is 1. The van der Waals surface area contributed by atoms with Gasteiger partial charge in [-0.25, -0.2) is 15.9 Å². The molecule has 28 heavy (non-hydrogen) atoms. The van der Waals surface area contributed by atoms with Gasteiger partial charge in [0, 0.05) is 39.2 Å². The first-order valence-electron chi connectivity index (χ1n) is 9.26. The van der Waals surface area contributed by atoms with E-state index in [9.17, 15) is 4.39 Å². The number of ether oxygens (including phenoxy) is 1. The zero-order valence-corrected chi connectivity index (χ0v) is 16.7. The summed E-state index contributed by atoms with van der Waals surface area (Å²) in [5.41, 5.74) is -0.680. The van der Waals surface area contributed by atoms with Gasteiger partial charge < -0.3 is 15.0 Å². The van der Waals surface area contributed by atoms with Gasteiger partial charge >= 0.3 is 5.66 Å². The lowest BCUT2D eigenvalue weighted by molar-refractivity contribution is 0.0230. The molecule has 0 atom stereocenters. The predicted octanol–water partition coefficient (Wildman–Crippen LogP) is 3.15. The number of likely N-dealkylation sites (tertiary alicyclic amines) is 1. The van der Waals surface area contributed by atoms with Crippen molar-refractivity contribution in [1.82, 2.24) is 24.6 Å². The molecule has 0 amide bonds. The Morgan fingerprint density at radius 3 is 2.79 bits per heavy atom. The minimum absolute atomic E-state index is 0.0204. The molecular formula is C19H26FN7O. The third kappa shape index (κ3) is 4.57. The van der Waals surface area contributed by atoms with Gasteiger partial charge in [-0.05, 0) is 26.8 Å². The molecule has 3 rings (SSSR count). The van der Waals surface area contributed by atoms with Gasteiger partial charge in [-0.1, -0.05) is 0 Å². The Morgan fingerprint density at radius 1 is 1.39 bits per heavy atom. The number of rotatable bonds is 6. The summed E-state index contributed by atoms with van der Waals surface area (Å²) in [6, 6.07) is 1.61. The van der Waals surface area contributed by atoms with Crippen LogP contribution in [0.2, 0.25) is 0 Å². The zero-order chi connectivity index (χ0) is 20.4. The molecule has 3 heterocycles. The van der Waals surface area contributed by atoms with Crippen LogP contribution < -0.4 is 10.1 Å². The second-order valence-corrected chi connectivity index (χ2v) is 7.77. The molecule has 2 aromatic heterocycles. The van der Waals surface area contributed by atoms with Crippen LogP contribution in [0, 0.1) is 13.5 Å². The number of nitrogens with one attached hydrogen (secondary N) is 1. The molecule has 1 fully saturated rings. The van der Waals surface area contributed by atoms with E-state index in [1.165, 1.54) is 0 Å². The minimum atomic E-state index is -1.33. The average molecular weight is 387 g/mol. The molecule has 0 unspecified atom stereocenters. The van der Waals surface area contributed by atoms with Gasteiger partial charge in [-0.2, -0.15) is 14.8 Å². The predicted molar refractivity (Wildman–Crippen MR) is 104 cm³/mol. The van der Waals surface area contributed by atoms with Crippen molar-refractivity contribution in [3.63, 3.8) is 0 Å². The zero-order valence-electron chi connectivity index (χ0n) is 16.7. The van der Waals surface area contributed by atoms with Gasteiger partial charge in [-0.15, -0.1) is 0 Å². The average Bonchev–Trinajstić information content (AvgIpc) is 3.05. The Balaban J connectivity index is 1.67. The number of aryl methyl sites for hydroxylation is 1. The lowest BCUT2D eigenvalue weighted by Gasteiger charge is -2.33. The summed E-state index contributed by atoms with van der Waals surface area (Å²) in [7, 11) is 1.99. The number of halogens is 1. The maximum absolute atomic E-state index is 14.8. The molecule has 2 aromatic rings. The molecule has 1 N–H and O–H groups in total. The van der Waals surface area contributed by atoms with E-state index in [0.717, 1.165) is 18.8 Å². The van der Waals surface area contributed by atoms with Crippen LogP contribution in [0.25, 0.3) is 4.85 Å². The van der Waals surface area contributed by atoms with E-state index in [1.807, 2.05) is 14.0 Å². The number of anilines is 2. The summed E-state index contributed by atoms with van der Waals surface area (Å²) in [5.74, 6) is 0.650. The van der Waals surface area contributed by atoms with Crippen LogP contribution in [0.15, 0.2) is 18.5 Å². The van der Waals surface area contributed by atoms with E-state index in [2.05, 4.69) is 30.1 Å². The topological polar surface area (TPSA) is 72.5 Å². The van der Waals surface area contributed by atoms with Crippen LogP contribution in [0.5, 0.6) is 5.88 Å². The van der Waals surface area contributed by atoms with E-state index in [-0.39, 0.29) is 6.61 Å². The lowest BCUT2D eigenvalue weighted by atomic mass is 9.95. The second kappa shape index (κ2) is 7.72. The number of aromatic nitrogens is 4. The van der Waals surface area contributed by atoms with Crippen LogP contribution >= 0.6 is 0 Å². The summed E-state index contributed by atoms with van der Waals surface area (Å²) in [5, 5.41) is 7.48. The van der Waals surface area contributed by atoms with Crippen LogP contribution in [-0.4, -0.2) is 57.1 Å². The third-order valence-electron chi connectivity index (χ3n) is 4.97. The van der Waals surface area contributed by atoms with Crippen molar-refractivity contribution in [3.05, 3.63) is 35.6 Å². The van der Waals surface area contributed by atoms with Crippen molar-refractivity contribution in [1.29, 1.82) is 0 Å². The van der Waals surface area contributed by atoms with Crippen LogP contribution in [0.3, 0.4) is 0 Å². The maximum Gasteiger partial charge on any atom is 0.319 e.